The van der Waals surface area contributed by atoms with E-state index in [2.05, 4.69) is 16.3 Å². The summed E-state index contributed by atoms with van der Waals surface area (Å²) in [4.78, 5) is 0. The van der Waals surface area contributed by atoms with Gasteiger partial charge in [0.15, 0.2) is 5.15 Å². The van der Waals surface area contributed by atoms with Crippen molar-refractivity contribution < 1.29 is 4.74 Å². The van der Waals surface area contributed by atoms with Crippen molar-refractivity contribution in [3.8, 4) is 0 Å². The SMILES string of the molecule is Clc1nnc(SC2CCOCC2)c2ccccc12. The molecule has 0 unspecified atom stereocenters. The van der Waals surface area contributed by atoms with Gasteiger partial charge in [0, 0.05) is 29.2 Å². The summed E-state index contributed by atoms with van der Waals surface area (Å²) in [7, 11) is 0. The molecular formula is C13H13ClN2OS. The maximum absolute atomic E-state index is 6.07. The van der Waals surface area contributed by atoms with Crippen LogP contribution in [0.3, 0.4) is 0 Å². The standard InChI is InChI=1S/C13H13ClN2OS/c14-12-10-3-1-2-4-11(10)13(16-15-12)18-9-5-7-17-8-6-9/h1-4,9H,5-8H2. The van der Waals surface area contributed by atoms with Gasteiger partial charge in [-0.1, -0.05) is 35.9 Å². The highest BCUT2D eigenvalue weighted by molar-refractivity contribution is 8.00. The number of rotatable bonds is 2. The molecule has 0 bridgehead atoms. The smallest absolute Gasteiger partial charge is 0.159 e. The van der Waals surface area contributed by atoms with Gasteiger partial charge >= 0.3 is 0 Å². The van der Waals surface area contributed by atoms with E-state index in [1.165, 1.54) is 0 Å². The number of benzene rings is 1. The maximum Gasteiger partial charge on any atom is 0.159 e. The van der Waals surface area contributed by atoms with E-state index in [0.717, 1.165) is 41.9 Å². The van der Waals surface area contributed by atoms with Crippen molar-refractivity contribution in [2.45, 2.75) is 23.1 Å². The van der Waals surface area contributed by atoms with Crippen LogP contribution in [-0.4, -0.2) is 28.7 Å². The Bertz CT molecular complexity index is 558. The minimum absolute atomic E-state index is 0.474. The molecule has 3 nitrogen and oxygen atoms in total. The van der Waals surface area contributed by atoms with E-state index in [1.807, 2.05) is 18.2 Å². The maximum atomic E-state index is 6.07. The molecule has 1 saturated heterocycles. The molecule has 0 N–H and O–H groups in total. The second-order valence-electron chi connectivity index (χ2n) is 4.27. The molecule has 1 aromatic heterocycles. The number of hydrogen-bond acceptors (Lipinski definition) is 4. The van der Waals surface area contributed by atoms with Crippen LogP contribution in [0.5, 0.6) is 0 Å². The normalized spacial score (nSPS) is 17.2. The highest BCUT2D eigenvalue weighted by Crippen LogP contribution is 2.34. The molecule has 1 aromatic carbocycles. The molecule has 0 aliphatic carbocycles. The van der Waals surface area contributed by atoms with Crippen LogP contribution in [0.1, 0.15) is 12.8 Å². The summed E-state index contributed by atoms with van der Waals surface area (Å²) in [5.74, 6) is 0. The highest BCUT2D eigenvalue weighted by Gasteiger charge is 2.18. The lowest BCUT2D eigenvalue weighted by atomic mass is 10.2. The number of hydrogen-bond donors (Lipinski definition) is 0. The molecule has 2 aromatic rings. The summed E-state index contributed by atoms with van der Waals surface area (Å²) < 4.78 is 5.37. The van der Waals surface area contributed by atoms with E-state index < -0.39 is 0 Å². The van der Waals surface area contributed by atoms with Crippen LogP contribution in [-0.2, 0) is 4.74 Å². The van der Waals surface area contributed by atoms with Crippen molar-refractivity contribution in [2.75, 3.05) is 13.2 Å². The molecule has 0 atom stereocenters. The molecule has 0 saturated carbocycles. The highest BCUT2D eigenvalue weighted by atomic mass is 35.5. The summed E-state index contributed by atoms with van der Waals surface area (Å²) in [6.07, 6.45) is 2.15. The summed E-state index contributed by atoms with van der Waals surface area (Å²) in [5.41, 5.74) is 0. The van der Waals surface area contributed by atoms with Gasteiger partial charge in [-0.15, -0.1) is 22.0 Å². The van der Waals surface area contributed by atoms with Crippen LogP contribution >= 0.6 is 23.4 Å². The lowest BCUT2D eigenvalue weighted by molar-refractivity contribution is 0.1000. The van der Waals surface area contributed by atoms with Gasteiger partial charge < -0.3 is 4.74 Å². The van der Waals surface area contributed by atoms with Crippen molar-refractivity contribution in [1.82, 2.24) is 10.2 Å². The lowest BCUT2D eigenvalue weighted by Crippen LogP contribution is -2.17. The number of fused-ring (bicyclic) bond motifs is 1. The van der Waals surface area contributed by atoms with Gasteiger partial charge in [0.25, 0.3) is 0 Å². The zero-order chi connectivity index (χ0) is 12.4. The number of aromatic nitrogens is 2. The van der Waals surface area contributed by atoms with Crippen molar-refractivity contribution in [1.29, 1.82) is 0 Å². The fraction of sp³-hybridized carbons (Fsp3) is 0.385. The molecule has 0 amide bonds. The zero-order valence-corrected chi connectivity index (χ0v) is 11.4. The largest absolute Gasteiger partial charge is 0.381 e. The van der Waals surface area contributed by atoms with Crippen LogP contribution in [0.15, 0.2) is 29.3 Å². The third kappa shape index (κ3) is 2.46. The molecule has 1 aliphatic rings. The Morgan fingerprint density at radius 1 is 1.11 bits per heavy atom. The number of nitrogens with zero attached hydrogens (tertiary/aromatic N) is 2. The molecule has 3 rings (SSSR count). The van der Waals surface area contributed by atoms with Crippen LogP contribution in [0, 0.1) is 0 Å². The Morgan fingerprint density at radius 2 is 1.83 bits per heavy atom. The summed E-state index contributed by atoms with van der Waals surface area (Å²) >= 11 is 7.86. The van der Waals surface area contributed by atoms with Gasteiger partial charge in [-0.3, -0.25) is 0 Å². The van der Waals surface area contributed by atoms with Crippen LogP contribution < -0.4 is 0 Å². The molecule has 18 heavy (non-hydrogen) atoms. The van der Waals surface area contributed by atoms with Crippen molar-refractivity contribution in [3.05, 3.63) is 29.4 Å². The molecule has 94 valence electrons. The first-order chi connectivity index (χ1) is 8.84. The van der Waals surface area contributed by atoms with E-state index >= 15 is 0 Å². The average Bonchev–Trinajstić information content (AvgIpc) is 2.44. The van der Waals surface area contributed by atoms with Crippen molar-refractivity contribution >= 4 is 34.1 Å². The fourth-order valence-corrected chi connectivity index (χ4v) is 3.42. The Kier molecular flexibility index (Phi) is 3.68. The quantitative estimate of drug-likeness (QED) is 0.843. The summed E-state index contributed by atoms with van der Waals surface area (Å²) in [6.45, 7) is 1.69. The van der Waals surface area contributed by atoms with Crippen LogP contribution in [0.25, 0.3) is 10.8 Å². The first kappa shape index (κ1) is 12.2. The fourth-order valence-electron chi connectivity index (χ4n) is 2.09. The second kappa shape index (κ2) is 5.43. The summed E-state index contributed by atoms with van der Waals surface area (Å²) in [6, 6.07) is 8.02. The predicted molar refractivity (Wildman–Crippen MR) is 74.2 cm³/mol. The molecule has 0 spiro atoms. The Morgan fingerprint density at radius 3 is 2.61 bits per heavy atom. The Labute approximate surface area is 115 Å². The molecule has 0 radical (unpaired) electrons. The molecule has 1 aliphatic heterocycles. The van der Waals surface area contributed by atoms with E-state index in [1.54, 1.807) is 11.8 Å². The van der Waals surface area contributed by atoms with E-state index in [9.17, 15) is 0 Å². The van der Waals surface area contributed by atoms with Crippen LogP contribution in [0.2, 0.25) is 5.15 Å². The molecular weight excluding hydrogens is 268 g/mol. The average molecular weight is 281 g/mol. The first-order valence-electron chi connectivity index (χ1n) is 6.00. The van der Waals surface area contributed by atoms with E-state index in [0.29, 0.717) is 10.4 Å². The van der Waals surface area contributed by atoms with Gasteiger partial charge in [-0.25, -0.2) is 0 Å². The Hall–Kier alpha value is -0.840. The molecule has 2 heterocycles. The molecule has 5 heteroatoms. The number of halogens is 1. The van der Waals surface area contributed by atoms with E-state index in [4.69, 9.17) is 16.3 Å². The van der Waals surface area contributed by atoms with E-state index in [-0.39, 0.29) is 0 Å². The third-order valence-corrected chi connectivity index (χ3v) is 4.66. The minimum atomic E-state index is 0.474. The van der Waals surface area contributed by atoms with Gasteiger partial charge in [0.2, 0.25) is 0 Å². The Balaban J connectivity index is 1.94. The van der Waals surface area contributed by atoms with Gasteiger partial charge in [-0.2, -0.15) is 0 Å². The topological polar surface area (TPSA) is 35.0 Å². The monoisotopic (exact) mass is 280 g/mol. The number of ether oxygens (including phenoxy) is 1. The van der Waals surface area contributed by atoms with Gasteiger partial charge in [0.05, 0.1) is 0 Å². The second-order valence-corrected chi connectivity index (χ2v) is 5.92. The number of thioether (sulfide) groups is 1. The third-order valence-electron chi connectivity index (χ3n) is 3.05. The zero-order valence-electron chi connectivity index (χ0n) is 9.80. The van der Waals surface area contributed by atoms with Crippen molar-refractivity contribution in [3.63, 3.8) is 0 Å². The minimum Gasteiger partial charge on any atom is -0.381 e. The van der Waals surface area contributed by atoms with Gasteiger partial charge in [-0.05, 0) is 12.8 Å². The molecule has 1 fully saturated rings. The van der Waals surface area contributed by atoms with Crippen LogP contribution in [0.4, 0.5) is 0 Å². The first-order valence-corrected chi connectivity index (χ1v) is 7.25. The van der Waals surface area contributed by atoms with Gasteiger partial charge in [0.1, 0.15) is 5.03 Å². The summed E-state index contributed by atoms with van der Waals surface area (Å²) in [5, 5.41) is 12.4. The lowest BCUT2D eigenvalue weighted by Gasteiger charge is -2.21. The predicted octanol–water partition coefficient (Wildman–Crippen LogP) is 3.55. The van der Waals surface area contributed by atoms with Crippen molar-refractivity contribution in [2.24, 2.45) is 0 Å².